The number of methoxy groups -OCH3 is 1. The van der Waals surface area contributed by atoms with Gasteiger partial charge in [-0.15, -0.1) is 0 Å². The van der Waals surface area contributed by atoms with Gasteiger partial charge in [-0.1, -0.05) is 19.9 Å². The number of allylic oxidation sites excluding steroid dienone is 1. The summed E-state index contributed by atoms with van der Waals surface area (Å²) < 4.78 is 15.7. The van der Waals surface area contributed by atoms with Crippen molar-refractivity contribution in [2.45, 2.75) is 26.7 Å². The van der Waals surface area contributed by atoms with Gasteiger partial charge in [-0.05, 0) is 30.5 Å². The molecule has 1 aromatic carbocycles. The first-order valence-corrected chi connectivity index (χ1v) is 6.88. The maximum Gasteiger partial charge on any atom is 0.397 e. The van der Waals surface area contributed by atoms with E-state index >= 15 is 0 Å². The van der Waals surface area contributed by atoms with E-state index < -0.39 is 5.63 Å². The van der Waals surface area contributed by atoms with E-state index in [9.17, 15) is 4.79 Å². The van der Waals surface area contributed by atoms with Crippen LogP contribution in [0.4, 0.5) is 0 Å². The monoisotopic (exact) mass is 289 g/mol. The average Bonchev–Trinajstić information content (AvgIpc) is 2.46. The van der Waals surface area contributed by atoms with Crippen molar-refractivity contribution in [2.24, 2.45) is 0 Å². The molecule has 0 unspecified atom stereocenters. The van der Waals surface area contributed by atoms with Gasteiger partial charge in [0.05, 0.1) is 24.6 Å². The summed E-state index contributed by atoms with van der Waals surface area (Å²) >= 11 is 0. The maximum atomic E-state index is 12.2. The van der Waals surface area contributed by atoms with Crippen LogP contribution < -0.4 is 15.1 Å². The number of ether oxygens (including phenoxy) is 2. The number of fused-ring (bicyclic) bond motifs is 1. The first kappa shape index (κ1) is 15.1. The molecule has 0 atom stereocenters. The summed E-state index contributed by atoms with van der Waals surface area (Å²) in [5, 5.41) is 0.395. The zero-order chi connectivity index (χ0) is 15.4. The fraction of sp³-hybridized carbons (Fsp3) is 0.375. The van der Waals surface area contributed by atoms with E-state index in [0.717, 1.165) is 18.4 Å². The number of hydrogen-bond acceptors (Lipinski definition) is 5. The summed E-state index contributed by atoms with van der Waals surface area (Å²) in [6.45, 7) is 8.22. The highest BCUT2D eigenvalue weighted by Gasteiger charge is 2.14. The van der Waals surface area contributed by atoms with Crippen molar-refractivity contribution in [1.29, 1.82) is 0 Å². The second kappa shape index (κ2) is 6.43. The molecule has 0 saturated carbocycles. The number of unbranched alkanes of at least 4 members (excludes halogenated alkanes) is 1. The third-order valence-corrected chi connectivity index (χ3v) is 3.11. The Kier molecular flexibility index (Phi) is 4.62. The van der Waals surface area contributed by atoms with Crippen LogP contribution in [0.25, 0.3) is 16.5 Å². The van der Waals surface area contributed by atoms with E-state index in [-0.39, 0.29) is 6.08 Å². The SMILES string of the molecule is C=C(C)c1cc(OC)cc2nc(OCCCC)oc(=O)c12. The second-order valence-electron chi connectivity index (χ2n) is 4.82. The molecule has 1 aromatic heterocycles. The molecule has 5 nitrogen and oxygen atoms in total. The van der Waals surface area contributed by atoms with Crippen LogP contribution in [0.3, 0.4) is 0 Å². The quantitative estimate of drug-likeness (QED) is 0.763. The van der Waals surface area contributed by atoms with Crippen molar-refractivity contribution in [1.82, 2.24) is 4.98 Å². The lowest BCUT2D eigenvalue weighted by molar-refractivity contribution is 0.213. The Morgan fingerprint density at radius 1 is 1.43 bits per heavy atom. The van der Waals surface area contributed by atoms with Gasteiger partial charge in [0.25, 0.3) is 0 Å². The van der Waals surface area contributed by atoms with Crippen molar-refractivity contribution in [3.8, 4) is 11.8 Å². The van der Waals surface area contributed by atoms with Crippen molar-refractivity contribution in [2.75, 3.05) is 13.7 Å². The van der Waals surface area contributed by atoms with E-state index in [1.807, 2.05) is 6.92 Å². The molecule has 0 bridgehead atoms. The average molecular weight is 289 g/mol. The van der Waals surface area contributed by atoms with Gasteiger partial charge in [0.15, 0.2) is 0 Å². The second-order valence-corrected chi connectivity index (χ2v) is 4.82. The molecule has 0 fully saturated rings. The summed E-state index contributed by atoms with van der Waals surface area (Å²) in [6, 6.07) is 3.44. The number of aromatic nitrogens is 1. The van der Waals surface area contributed by atoms with Crippen molar-refractivity contribution < 1.29 is 13.9 Å². The Labute approximate surface area is 123 Å². The lowest BCUT2D eigenvalue weighted by Gasteiger charge is -2.09. The molecule has 0 N–H and O–H groups in total. The molecular formula is C16H19NO4. The fourth-order valence-electron chi connectivity index (χ4n) is 1.98. The standard InChI is InChI=1S/C16H19NO4/c1-5-6-7-20-16-17-13-9-11(19-4)8-12(10(2)3)14(13)15(18)21-16/h8-9H,2,5-7H2,1,3-4H3. The first-order chi connectivity index (χ1) is 10.1. The highest BCUT2D eigenvalue weighted by molar-refractivity contribution is 5.91. The van der Waals surface area contributed by atoms with Gasteiger partial charge >= 0.3 is 11.7 Å². The lowest BCUT2D eigenvalue weighted by atomic mass is 10.0. The topological polar surface area (TPSA) is 61.6 Å². The van der Waals surface area contributed by atoms with Crippen LogP contribution in [-0.4, -0.2) is 18.7 Å². The van der Waals surface area contributed by atoms with Crippen LogP contribution in [0.2, 0.25) is 0 Å². The molecule has 5 heteroatoms. The minimum Gasteiger partial charge on any atom is -0.497 e. The third-order valence-electron chi connectivity index (χ3n) is 3.11. The van der Waals surface area contributed by atoms with Crippen molar-refractivity contribution >= 4 is 16.5 Å². The Balaban J connectivity index is 2.57. The van der Waals surface area contributed by atoms with Crippen LogP contribution in [0.5, 0.6) is 11.8 Å². The highest BCUT2D eigenvalue weighted by atomic mass is 16.6. The fourth-order valence-corrected chi connectivity index (χ4v) is 1.98. The van der Waals surface area contributed by atoms with Crippen LogP contribution in [-0.2, 0) is 0 Å². The van der Waals surface area contributed by atoms with Gasteiger partial charge in [0.1, 0.15) is 5.75 Å². The minimum atomic E-state index is -0.479. The largest absolute Gasteiger partial charge is 0.497 e. The highest BCUT2D eigenvalue weighted by Crippen LogP contribution is 2.27. The predicted octanol–water partition coefficient (Wildman–Crippen LogP) is 3.41. The van der Waals surface area contributed by atoms with Crippen LogP contribution in [0.15, 0.2) is 27.9 Å². The summed E-state index contributed by atoms with van der Waals surface area (Å²) in [6.07, 6.45) is 1.85. The van der Waals surface area contributed by atoms with E-state index in [1.165, 1.54) is 0 Å². The van der Waals surface area contributed by atoms with Gasteiger partial charge in [-0.3, -0.25) is 0 Å². The number of nitrogens with zero attached hydrogens (tertiary/aromatic N) is 1. The third kappa shape index (κ3) is 3.24. The smallest absolute Gasteiger partial charge is 0.397 e. The molecule has 0 radical (unpaired) electrons. The van der Waals surface area contributed by atoms with E-state index in [1.54, 1.807) is 19.2 Å². The summed E-state index contributed by atoms with van der Waals surface area (Å²) in [5.74, 6) is 0.609. The molecule has 0 spiro atoms. The first-order valence-electron chi connectivity index (χ1n) is 6.88. The summed E-state index contributed by atoms with van der Waals surface area (Å²) in [5.41, 5.74) is 1.42. The lowest BCUT2D eigenvalue weighted by Crippen LogP contribution is -2.08. The zero-order valence-corrected chi connectivity index (χ0v) is 12.6. The Hall–Kier alpha value is -2.30. The Morgan fingerprint density at radius 3 is 2.81 bits per heavy atom. The molecule has 0 saturated heterocycles. The molecule has 0 aliphatic carbocycles. The van der Waals surface area contributed by atoms with Crippen LogP contribution in [0, 0.1) is 0 Å². The zero-order valence-electron chi connectivity index (χ0n) is 12.6. The molecule has 2 rings (SSSR count). The molecule has 0 aliphatic heterocycles. The molecular weight excluding hydrogens is 270 g/mol. The van der Waals surface area contributed by atoms with E-state index in [2.05, 4.69) is 18.5 Å². The molecule has 1 heterocycles. The molecule has 2 aromatic rings. The summed E-state index contributed by atoms with van der Waals surface area (Å²) in [7, 11) is 1.56. The van der Waals surface area contributed by atoms with Gasteiger partial charge in [0.2, 0.25) is 0 Å². The number of hydrogen-bond donors (Lipinski definition) is 0. The Morgan fingerprint density at radius 2 is 2.19 bits per heavy atom. The van der Waals surface area contributed by atoms with Gasteiger partial charge in [-0.25, -0.2) is 4.79 Å². The number of benzene rings is 1. The maximum absolute atomic E-state index is 12.2. The minimum absolute atomic E-state index is 0.0122. The van der Waals surface area contributed by atoms with Crippen LogP contribution >= 0.6 is 0 Å². The molecule has 0 amide bonds. The van der Waals surface area contributed by atoms with Crippen LogP contribution in [0.1, 0.15) is 32.3 Å². The molecule has 0 aliphatic rings. The molecule has 21 heavy (non-hydrogen) atoms. The van der Waals surface area contributed by atoms with Gasteiger partial charge < -0.3 is 13.9 Å². The predicted molar refractivity (Wildman–Crippen MR) is 81.9 cm³/mol. The normalized spacial score (nSPS) is 10.6. The van der Waals surface area contributed by atoms with E-state index in [4.69, 9.17) is 13.9 Å². The number of rotatable bonds is 6. The van der Waals surface area contributed by atoms with Gasteiger partial charge in [0, 0.05) is 6.07 Å². The Bertz CT molecular complexity index is 718. The van der Waals surface area contributed by atoms with Crippen molar-refractivity contribution in [3.63, 3.8) is 0 Å². The summed E-state index contributed by atoms with van der Waals surface area (Å²) in [4.78, 5) is 16.4. The van der Waals surface area contributed by atoms with E-state index in [0.29, 0.717) is 28.8 Å². The van der Waals surface area contributed by atoms with Crippen molar-refractivity contribution in [3.05, 3.63) is 34.7 Å². The van der Waals surface area contributed by atoms with Gasteiger partial charge in [-0.2, -0.15) is 4.98 Å². The molecule has 112 valence electrons.